The molecule has 0 N–H and O–H groups in total. The van der Waals surface area contributed by atoms with Crippen molar-refractivity contribution in [1.82, 2.24) is 0 Å². The van der Waals surface area contributed by atoms with E-state index in [-0.39, 0.29) is 28.4 Å². The van der Waals surface area contributed by atoms with E-state index in [1.807, 2.05) is 19.9 Å². The normalized spacial score (nSPS) is 24.6. The standard InChI is InChI=1S/C23H48O4Si2/c1-14-15-16-18-20(26-23(8,9)25-18)19(27-29(12,13)22(5,6)7)17-24-28(10,11)21(2,3)4/h14,18-20H,1,15-17H2,2-13H3/t18-,19+,20-/m0/s1. The molecule has 0 aromatic rings. The van der Waals surface area contributed by atoms with Crippen LogP contribution in [0.4, 0.5) is 0 Å². The molecule has 0 spiro atoms. The molecule has 29 heavy (non-hydrogen) atoms. The molecule has 0 radical (unpaired) electrons. The topological polar surface area (TPSA) is 36.9 Å². The van der Waals surface area contributed by atoms with E-state index in [1.165, 1.54) is 0 Å². The molecule has 1 aliphatic rings. The number of ether oxygens (including phenoxy) is 2. The molecule has 0 bridgehead atoms. The summed E-state index contributed by atoms with van der Waals surface area (Å²) in [6.07, 6.45) is 3.44. The molecule has 1 aliphatic heterocycles. The van der Waals surface area contributed by atoms with Gasteiger partial charge in [0.05, 0.1) is 18.8 Å². The highest BCUT2D eigenvalue weighted by molar-refractivity contribution is 6.74. The average molecular weight is 445 g/mol. The van der Waals surface area contributed by atoms with Gasteiger partial charge in [-0.3, -0.25) is 0 Å². The molecule has 1 heterocycles. The predicted molar refractivity (Wildman–Crippen MR) is 128 cm³/mol. The molecule has 0 aromatic heterocycles. The van der Waals surface area contributed by atoms with Crippen molar-refractivity contribution in [3.8, 4) is 0 Å². The molecule has 1 rings (SSSR count). The van der Waals surface area contributed by atoms with Crippen molar-refractivity contribution < 1.29 is 18.3 Å². The summed E-state index contributed by atoms with van der Waals surface area (Å²) in [6.45, 7) is 31.2. The second-order valence-corrected chi connectivity index (χ2v) is 21.6. The third kappa shape index (κ3) is 7.28. The van der Waals surface area contributed by atoms with Crippen LogP contribution < -0.4 is 0 Å². The number of hydrogen-bond donors (Lipinski definition) is 0. The Labute approximate surface area is 183 Å². The van der Waals surface area contributed by atoms with E-state index in [1.54, 1.807) is 0 Å². The summed E-state index contributed by atoms with van der Waals surface area (Å²) in [4.78, 5) is 0. The lowest BCUT2D eigenvalue weighted by Gasteiger charge is -2.43. The molecule has 0 aliphatic carbocycles. The van der Waals surface area contributed by atoms with Crippen LogP contribution in [0, 0.1) is 0 Å². The Balaban J connectivity index is 3.16. The summed E-state index contributed by atoms with van der Waals surface area (Å²) in [7, 11) is -3.91. The van der Waals surface area contributed by atoms with E-state index in [2.05, 4.69) is 74.3 Å². The van der Waals surface area contributed by atoms with Gasteiger partial charge in [-0.2, -0.15) is 0 Å². The Morgan fingerprint density at radius 3 is 1.93 bits per heavy atom. The summed E-state index contributed by atoms with van der Waals surface area (Å²) >= 11 is 0. The third-order valence-corrected chi connectivity index (χ3v) is 15.9. The number of allylic oxidation sites excluding steroid dienone is 1. The summed E-state index contributed by atoms with van der Waals surface area (Å²) in [5.41, 5.74) is 0. The van der Waals surface area contributed by atoms with Gasteiger partial charge in [-0.1, -0.05) is 47.6 Å². The minimum atomic E-state index is -2.01. The first-order valence-corrected chi connectivity index (χ1v) is 16.9. The van der Waals surface area contributed by atoms with Crippen LogP contribution in [0.25, 0.3) is 0 Å². The van der Waals surface area contributed by atoms with Crippen LogP contribution >= 0.6 is 0 Å². The van der Waals surface area contributed by atoms with Gasteiger partial charge in [-0.25, -0.2) is 0 Å². The predicted octanol–water partition coefficient (Wildman–Crippen LogP) is 6.88. The van der Waals surface area contributed by atoms with Crippen LogP contribution in [0.3, 0.4) is 0 Å². The maximum Gasteiger partial charge on any atom is 0.192 e. The molecule has 172 valence electrons. The number of rotatable bonds is 9. The monoisotopic (exact) mass is 444 g/mol. The molecule has 1 fully saturated rings. The molecule has 0 unspecified atom stereocenters. The van der Waals surface area contributed by atoms with Gasteiger partial charge < -0.3 is 18.3 Å². The van der Waals surface area contributed by atoms with E-state index in [4.69, 9.17) is 18.3 Å². The fourth-order valence-electron chi connectivity index (χ4n) is 2.94. The lowest BCUT2D eigenvalue weighted by molar-refractivity contribution is -0.156. The van der Waals surface area contributed by atoms with E-state index in [0.29, 0.717) is 6.61 Å². The van der Waals surface area contributed by atoms with Crippen LogP contribution in [-0.4, -0.2) is 47.3 Å². The van der Waals surface area contributed by atoms with Gasteiger partial charge in [0.2, 0.25) is 0 Å². The molecular weight excluding hydrogens is 396 g/mol. The van der Waals surface area contributed by atoms with Crippen molar-refractivity contribution in [3.63, 3.8) is 0 Å². The van der Waals surface area contributed by atoms with Gasteiger partial charge in [-0.05, 0) is 63.0 Å². The van der Waals surface area contributed by atoms with Gasteiger partial charge in [0, 0.05) is 0 Å². The lowest BCUT2D eigenvalue weighted by atomic mass is 10.0. The quantitative estimate of drug-likeness (QED) is 0.287. The van der Waals surface area contributed by atoms with E-state index in [0.717, 1.165) is 12.8 Å². The van der Waals surface area contributed by atoms with Gasteiger partial charge in [0.1, 0.15) is 6.10 Å². The van der Waals surface area contributed by atoms with Gasteiger partial charge in [-0.15, -0.1) is 6.58 Å². The zero-order chi connectivity index (χ0) is 22.9. The van der Waals surface area contributed by atoms with Crippen LogP contribution in [0.2, 0.25) is 36.3 Å². The second-order valence-electron chi connectivity index (χ2n) is 12.0. The maximum absolute atomic E-state index is 6.90. The highest BCUT2D eigenvalue weighted by Crippen LogP contribution is 2.42. The Hall–Kier alpha value is 0.0138. The largest absolute Gasteiger partial charge is 0.414 e. The van der Waals surface area contributed by atoms with Crippen LogP contribution in [0.5, 0.6) is 0 Å². The molecule has 0 saturated carbocycles. The summed E-state index contributed by atoms with van der Waals surface area (Å²) in [5.74, 6) is -0.609. The van der Waals surface area contributed by atoms with Gasteiger partial charge in [0.25, 0.3) is 0 Å². The highest BCUT2D eigenvalue weighted by Gasteiger charge is 2.49. The molecule has 1 saturated heterocycles. The maximum atomic E-state index is 6.90. The first-order chi connectivity index (χ1) is 12.8. The Kier molecular flexibility index (Phi) is 8.63. The van der Waals surface area contributed by atoms with Crippen molar-refractivity contribution in [2.45, 2.75) is 129 Å². The van der Waals surface area contributed by atoms with Crippen molar-refractivity contribution >= 4 is 16.6 Å². The molecule has 0 amide bonds. The summed E-state index contributed by atoms with van der Waals surface area (Å²) < 4.78 is 26.2. The van der Waals surface area contributed by atoms with Crippen molar-refractivity contribution in [2.75, 3.05) is 6.61 Å². The lowest BCUT2D eigenvalue weighted by Crippen LogP contribution is -2.53. The molecular formula is C23H48O4Si2. The van der Waals surface area contributed by atoms with Crippen molar-refractivity contribution in [2.24, 2.45) is 0 Å². The first kappa shape index (κ1) is 27.0. The molecule has 3 atom stereocenters. The SMILES string of the molecule is C=CCC[C@@H]1OC(C)(C)O[C@@H]1[C@@H](CO[Si](C)(C)C(C)(C)C)O[Si](C)(C)C(C)(C)C. The van der Waals surface area contributed by atoms with Crippen LogP contribution in [0.1, 0.15) is 68.2 Å². The Morgan fingerprint density at radius 1 is 0.966 bits per heavy atom. The minimum Gasteiger partial charge on any atom is -0.414 e. The Bertz CT molecular complexity index is 544. The molecule has 6 heteroatoms. The van der Waals surface area contributed by atoms with E-state index < -0.39 is 22.4 Å². The van der Waals surface area contributed by atoms with E-state index in [9.17, 15) is 0 Å². The fourth-order valence-corrected chi connectivity index (χ4v) is 5.27. The van der Waals surface area contributed by atoms with Gasteiger partial charge >= 0.3 is 0 Å². The fraction of sp³-hybridized carbons (Fsp3) is 0.913. The van der Waals surface area contributed by atoms with Crippen molar-refractivity contribution in [1.29, 1.82) is 0 Å². The van der Waals surface area contributed by atoms with Crippen LogP contribution in [0.15, 0.2) is 12.7 Å². The molecule has 0 aromatic carbocycles. The van der Waals surface area contributed by atoms with Crippen molar-refractivity contribution in [3.05, 3.63) is 12.7 Å². The van der Waals surface area contributed by atoms with E-state index >= 15 is 0 Å². The second kappa shape index (κ2) is 9.25. The van der Waals surface area contributed by atoms with Gasteiger partial charge in [0.15, 0.2) is 22.4 Å². The first-order valence-electron chi connectivity index (χ1n) is 11.1. The smallest absolute Gasteiger partial charge is 0.192 e. The van der Waals surface area contributed by atoms with Crippen LogP contribution in [-0.2, 0) is 18.3 Å². The summed E-state index contributed by atoms with van der Waals surface area (Å²) in [6, 6.07) is 0. The summed E-state index contributed by atoms with van der Waals surface area (Å²) in [5, 5.41) is 0.275. The highest BCUT2D eigenvalue weighted by atomic mass is 28.4. The third-order valence-electron chi connectivity index (χ3n) is 6.91. The number of hydrogen-bond acceptors (Lipinski definition) is 4. The zero-order valence-electron chi connectivity index (χ0n) is 21.3. The zero-order valence-corrected chi connectivity index (χ0v) is 23.3. The minimum absolute atomic E-state index is 0.0132. The molecule has 4 nitrogen and oxygen atoms in total. The average Bonchev–Trinajstić information content (AvgIpc) is 2.81. The Morgan fingerprint density at radius 2 is 1.48 bits per heavy atom.